The molecule has 0 aliphatic carbocycles. The molecule has 0 unspecified atom stereocenters. The van der Waals surface area contributed by atoms with Crippen LogP contribution < -0.4 is 0 Å². The van der Waals surface area contributed by atoms with E-state index in [2.05, 4.69) is 15.0 Å². The van der Waals surface area contributed by atoms with E-state index in [0.717, 1.165) is 16.7 Å². The SMILES string of the molecule is S=C(c1ccccn1)c1nc2ccccc2[nH]1. The molecular formula is C13H9N3S. The number of thiocarbonyl (C=S) groups is 1. The summed E-state index contributed by atoms with van der Waals surface area (Å²) in [4.78, 5) is 12.5. The summed E-state index contributed by atoms with van der Waals surface area (Å²) in [7, 11) is 0. The molecule has 0 fully saturated rings. The number of aromatic nitrogens is 3. The molecule has 2 heterocycles. The molecule has 3 nitrogen and oxygen atoms in total. The number of H-pyrrole nitrogens is 1. The van der Waals surface area contributed by atoms with E-state index in [1.54, 1.807) is 6.20 Å². The van der Waals surface area contributed by atoms with Crippen LogP contribution in [0.5, 0.6) is 0 Å². The Morgan fingerprint density at radius 1 is 1.06 bits per heavy atom. The van der Waals surface area contributed by atoms with Gasteiger partial charge in [0.2, 0.25) is 0 Å². The van der Waals surface area contributed by atoms with Crippen molar-refractivity contribution >= 4 is 28.1 Å². The summed E-state index contributed by atoms with van der Waals surface area (Å²) >= 11 is 5.37. The molecule has 4 heteroatoms. The average molecular weight is 239 g/mol. The molecule has 2 aromatic heterocycles. The molecule has 0 aliphatic heterocycles. The monoisotopic (exact) mass is 239 g/mol. The van der Waals surface area contributed by atoms with Crippen LogP contribution in [0.3, 0.4) is 0 Å². The van der Waals surface area contributed by atoms with Gasteiger partial charge in [-0.15, -0.1) is 0 Å². The molecule has 0 atom stereocenters. The Kier molecular flexibility index (Phi) is 2.42. The van der Waals surface area contributed by atoms with Crippen molar-refractivity contribution in [2.75, 3.05) is 0 Å². The lowest BCUT2D eigenvalue weighted by atomic mass is 10.2. The second kappa shape index (κ2) is 4.07. The summed E-state index contributed by atoms with van der Waals surface area (Å²) in [5.41, 5.74) is 2.67. The standard InChI is InChI=1S/C13H9N3S/c17-12(11-7-3-4-8-14-11)13-15-9-5-1-2-6-10(9)16-13/h1-8H,(H,15,16). The topological polar surface area (TPSA) is 41.6 Å². The van der Waals surface area contributed by atoms with E-state index in [0.29, 0.717) is 10.7 Å². The van der Waals surface area contributed by atoms with Gasteiger partial charge in [-0.1, -0.05) is 30.4 Å². The first-order valence-corrected chi connectivity index (χ1v) is 5.66. The van der Waals surface area contributed by atoms with Crippen molar-refractivity contribution in [3.8, 4) is 0 Å². The highest BCUT2D eigenvalue weighted by atomic mass is 32.1. The second-order valence-electron chi connectivity index (χ2n) is 3.65. The van der Waals surface area contributed by atoms with E-state index >= 15 is 0 Å². The lowest BCUT2D eigenvalue weighted by Crippen LogP contribution is -2.03. The summed E-state index contributed by atoms with van der Waals surface area (Å²) < 4.78 is 0. The van der Waals surface area contributed by atoms with Crippen LogP contribution in [0.4, 0.5) is 0 Å². The number of nitrogens with one attached hydrogen (secondary N) is 1. The molecule has 17 heavy (non-hydrogen) atoms. The molecule has 1 aromatic carbocycles. The normalized spacial score (nSPS) is 10.6. The number of benzene rings is 1. The van der Waals surface area contributed by atoms with Crippen LogP contribution in [0, 0.1) is 0 Å². The van der Waals surface area contributed by atoms with Gasteiger partial charge < -0.3 is 4.98 Å². The molecular weight excluding hydrogens is 230 g/mol. The fourth-order valence-electron chi connectivity index (χ4n) is 1.68. The van der Waals surface area contributed by atoms with Crippen LogP contribution in [0.15, 0.2) is 48.7 Å². The smallest absolute Gasteiger partial charge is 0.151 e. The summed E-state index contributed by atoms with van der Waals surface area (Å²) in [5.74, 6) is 0.694. The van der Waals surface area contributed by atoms with Crippen molar-refractivity contribution in [2.45, 2.75) is 0 Å². The van der Waals surface area contributed by atoms with Gasteiger partial charge in [0, 0.05) is 6.20 Å². The van der Waals surface area contributed by atoms with Crippen molar-refractivity contribution in [2.24, 2.45) is 0 Å². The zero-order chi connectivity index (χ0) is 11.7. The van der Waals surface area contributed by atoms with Gasteiger partial charge >= 0.3 is 0 Å². The van der Waals surface area contributed by atoms with E-state index < -0.39 is 0 Å². The largest absolute Gasteiger partial charge is 0.337 e. The van der Waals surface area contributed by atoms with Crippen LogP contribution in [0.1, 0.15) is 11.5 Å². The fourth-order valence-corrected chi connectivity index (χ4v) is 1.90. The number of rotatable bonds is 2. The Bertz CT molecular complexity index is 640. The Morgan fingerprint density at radius 3 is 2.65 bits per heavy atom. The third-order valence-electron chi connectivity index (χ3n) is 2.50. The van der Waals surface area contributed by atoms with Gasteiger partial charge in [0.1, 0.15) is 4.86 Å². The van der Waals surface area contributed by atoms with E-state index in [-0.39, 0.29) is 0 Å². The highest BCUT2D eigenvalue weighted by molar-refractivity contribution is 7.81. The lowest BCUT2D eigenvalue weighted by molar-refractivity contribution is 1.25. The summed E-state index contributed by atoms with van der Waals surface area (Å²) in [6.45, 7) is 0. The van der Waals surface area contributed by atoms with Gasteiger partial charge in [-0.3, -0.25) is 4.98 Å². The molecule has 0 saturated heterocycles. The van der Waals surface area contributed by atoms with E-state index in [9.17, 15) is 0 Å². The predicted octanol–water partition coefficient (Wildman–Crippen LogP) is 2.72. The number of aromatic amines is 1. The van der Waals surface area contributed by atoms with Crippen molar-refractivity contribution < 1.29 is 0 Å². The van der Waals surface area contributed by atoms with Crippen molar-refractivity contribution in [3.63, 3.8) is 0 Å². The summed E-state index contributed by atoms with van der Waals surface area (Å²) in [6, 6.07) is 13.5. The number of hydrogen-bond donors (Lipinski definition) is 1. The second-order valence-corrected chi connectivity index (χ2v) is 4.05. The van der Waals surface area contributed by atoms with Crippen LogP contribution >= 0.6 is 12.2 Å². The molecule has 0 bridgehead atoms. The van der Waals surface area contributed by atoms with Gasteiger partial charge in [0.05, 0.1) is 16.7 Å². The first kappa shape index (κ1) is 10.1. The number of nitrogens with zero attached hydrogens (tertiary/aromatic N) is 2. The molecule has 0 saturated carbocycles. The molecule has 82 valence electrons. The van der Waals surface area contributed by atoms with Crippen LogP contribution in [0.2, 0.25) is 0 Å². The Balaban J connectivity index is 2.07. The highest BCUT2D eigenvalue weighted by Gasteiger charge is 2.10. The first-order chi connectivity index (χ1) is 8.34. The van der Waals surface area contributed by atoms with Crippen LogP contribution in [-0.2, 0) is 0 Å². The first-order valence-electron chi connectivity index (χ1n) is 5.25. The molecule has 0 spiro atoms. The molecule has 0 amide bonds. The van der Waals surface area contributed by atoms with Crippen LogP contribution in [-0.4, -0.2) is 19.8 Å². The number of imidazole rings is 1. The number of fused-ring (bicyclic) bond motifs is 1. The van der Waals surface area contributed by atoms with Gasteiger partial charge in [0.25, 0.3) is 0 Å². The minimum Gasteiger partial charge on any atom is -0.337 e. The molecule has 1 N–H and O–H groups in total. The molecule has 3 rings (SSSR count). The fraction of sp³-hybridized carbons (Fsp3) is 0. The molecule has 0 aliphatic rings. The van der Waals surface area contributed by atoms with Gasteiger partial charge in [-0.25, -0.2) is 4.98 Å². The Labute approximate surface area is 104 Å². The summed E-state index contributed by atoms with van der Waals surface area (Å²) in [6.07, 6.45) is 1.73. The third kappa shape index (κ3) is 1.83. The maximum absolute atomic E-state index is 5.37. The zero-order valence-electron chi connectivity index (χ0n) is 8.92. The highest BCUT2D eigenvalue weighted by Crippen LogP contribution is 2.13. The minimum absolute atomic E-state index is 0.641. The van der Waals surface area contributed by atoms with E-state index in [4.69, 9.17) is 12.2 Å². The number of pyridine rings is 1. The third-order valence-corrected chi connectivity index (χ3v) is 2.90. The molecule has 0 radical (unpaired) electrons. The molecule has 3 aromatic rings. The Morgan fingerprint density at radius 2 is 1.88 bits per heavy atom. The quantitative estimate of drug-likeness (QED) is 0.552. The van der Waals surface area contributed by atoms with Gasteiger partial charge in [0.15, 0.2) is 5.82 Å². The zero-order valence-corrected chi connectivity index (χ0v) is 9.74. The predicted molar refractivity (Wildman–Crippen MR) is 71.1 cm³/mol. The average Bonchev–Trinajstić information content (AvgIpc) is 2.82. The van der Waals surface area contributed by atoms with E-state index in [1.807, 2.05) is 42.5 Å². The van der Waals surface area contributed by atoms with Gasteiger partial charge in [-0.05, 0) is 24.3 Å². The minimum atomic E-state index is 0.641. The van der Waals surface area contributed by atoms with Crippen molar-refractivity contribution in [1.29, 1.82) is 0 Å². The number of para-hydroxylation sites is 2. The summed E-state index contributed by atoms with van der Waals surface area (Å²) in [5, 5.41) is 0. The van der Waals surface area contributed by atoms with Crippen LogP contribution in [0.25, 0.3) is 11.0 Å². The Hall–Kier alpha value is -2.07. The van der Waals surface area contributed by atoms with Crippen molar-refractivity contribution in [3.05, 3.63) is 60.2 Å². The maximum Gasteiger partial charge on any atom is 0.151 e. The maximum atomic E-state index is 5.37. The lowest BCUT2D eigenvalue weighted by Gasteiger charge is -1.97. The van der Waals surface area contributed by atoms with Crippen molar-refractivity contribution in [1.82, 2.24) is 15.0 Å². The van der Waals surface area contributed by atoms with Gasteiger partial charge in [-0.2, -0.15) is 0 Å². The van der Waals surface area contributed by atoms with E-state index in [1.165, 1.54) is 0 Å². The number of hydrogen-bond acceptors (Lipinski definition) is 3.